The van der Waals surface area contributed by atoms with Crippen molar-refractivity contribution >= 4 is 0 Å². The highest BCUT2D eigenvalue weighted by molar-refractivity contribution is 5.10. The van der Waals surface area contributed by atoms with Crippen molar-refractivity contribution in [2.75, 3.05) is 0 Å². The summed E-state index contributed by atoms with van der Waals surface area (Å²) in [6.45, 7) is 4.38. The van der Waals surface area contributed by atoms with Gasteiger partial charge in [0.1, 0.15) is 0 Å². The van der Waals surface area contributed by atoms with Crippen LogP contribution in [-0.2, 0) is 13.1 Å². The highest BCUT2D eigenvalue weighted by Crippen LogP contribution is 1.90. The Morgan fingerprint density at radius 2 is 2.42 bits per heavy atom. The predicted octanol–water partition coefficient (Wildman–Crippen LogP) is 0.493. The lowest BCUT2D eigenvalue weighted by atomic mass is 10.3. The molecule has 0 aliphatic rings. The van der Waals surface area contributed by atoms with Gasteiger partial charge in [0.25, 0.3) is 5.56 Å². The molecule has 64 valence electrons. The number of hydrogen-bond acceptors (Lipinski definition) is 2. The Balaban J connectivity index is 3.14. The summed E-state index contributed by atoms with van der Waals surface area (Å²) >= 11 is 0. The number of nitrogens with zero attached hydrogens (tertiary/aromatic N) is 1. The van der Waals surface area contributed by atoms with Crippen molar-refractivity contribution in [1.29, 1.82) is 0 Å². The van der Waals surface area contributed by atoms with Crippen LogP contribution in [0.4, 0.5) is 0 Å². The second kappa shape index (κ2) is 3.88. The summed E-state index contributed by atoms with van der Waals surface area (Å²) in [6, 6.07) is 3.55. The van der Waals surface area contributed by atoms with E-state index in [2.05, 4.69) is 6.58 Å². The van der Waals surface area contributed by atoms with E-state index in [0.717, 1.165) is 0 Å². The first-order chi connectivity index (χ1) is 5.79. The van der Waals surface area contributed by atoms with Gasteiger partial charge in [-0.1, -0.05) is 12.1 Å². The third-order valence-corrected chi connectivity index (χ3v) is 1.64. The lowest BCUT2D eigenvalue weighted by molar-refractivity contribution is 0.762. The van der Waals surface area contributed by atoms with Gasteiger partial charge in [-0.2, -0.15) is 0 Å². The molecule has 0 aliphatic heterocycles. The minimum absolute atomic E-state index is 0.0279. The summed E-state index contributed by atoms with van der Waals surface area (Å²) in [7, 11) is 0. The van der Waals surface area contributed by atoms with E-state index in [1.807, 2.05) is 6.07 Å². The number of rotatable bonds is 3. The van der Waals surface area contributed by atoms with Gasteiger partial charge < -0.3 is 10.3 Å². The first-order valence-electron chi connectivity index (χ1n) is 3.79. The van der Waals surface area contributed by atoms with E-state index >= 15 is 0 Å². The van der Waals surface area contributed by atoms with E-state index in [4.69, 9.17) is 5.73 Å². The van der Waals surface area contributed by atoms with E-state index in [9.17, 15) is 4.79 Å². The van der Waals surface area contributed by atoms with Crippen LogP contribution in [0.5, 0.6) is 0 Å². The van der Waals surface area contributed by atoms with Crippen molar-refractivity contribution in [2.45, 2.75) is 13.1 Å². The van der Waals surface area contributed by atoms with Crippen LogP contribution in [0, 0.1) is 0 Å². The van der Waals surface area contributed by atoms with Gasteiger partial charge in [0.2, 0.25) is 0 Å². The van der Waals surface area contributed by atoms with Crippen molar-refractivity contribution in [1.82, 2.24) is 4.57 Å². The maximum absolute atomic E-state index is 11.4. The smallest absolute Gasteiger partial charge is 0.255 e. The van der Waals surface area contributed by atoms with Crippen molar-refractivity contribution in [3.05, 3.63) is 46.9 Å². The first-order valence-corrected chi connectivity index (χ1v) is 3.79. The topological polar surface area (TPSA) is 48.0 Å². The van der Waals surface area contributed by atoms with Crippen LogP contribution >= 0.6 is 0 Å². The minimum Gasteiger partial charge on any atom is -0.326 e. The highest BCUT2D eigenvalue weighted by Gasteiger charge is 1.98. The molecule has 0 unspecified atom stereocenters. The summed E-state index contributed by atoms with van der Waals surface area (Å²) in [5.74, 6) is 0. The number of allylic oxidation sites excluding steroid dienone is 1. The minimum atomic E-state index is -0.0279. The van der Waals surface area contributed by atoms with Gasteiger partial charge in [-0.3, -0.25) is 4.79 Å². The molecule has 0 fully saturated rings. The van der Waals surface area contributed by atoms with E-state index in [-0.39, 0.29) is 12.1 Å². The van der Waals surface area contributed by atoms with Crippen LogP contribution in [-0.4, -0.2) is 4.57 Å². The molecule has 0 saturated heterocycles. The molecule has 0 spiro atoms. The molecule has 0 amide bonds. The molecule has 0 radical (unpaired) electrons. The maximum Gasteiger partial charge on any atom is 0.255 e. The van der Waals surface area contributed by atoms with Gasteiger partial charge in [0.05, 0.1) is 0 Å². The molecule has 0 atom stereocenters. The van der Waals surface area contributed by atoms with Crippen molar-refractivity contribution in [3.63, 3.8) is 0 Å². The molecule has 2 N–H and O–H groups in total. The molecule has 0 aliphatic carbocycles. The third kappa shape index (κ3) is 1.62. The molecular weight excluding hydrogens is 152 g/mol. The molecule has 1 rings (SSSR count). The zero-order chi connectivity index (χ0) is 8.97. The number of hydrogen-bond donors (Lipinski definition) is 1. The standard InChI is InChI=1S/C9H12N2O/c1-2-5-11-6-3-4-8(7-10)9(11)12/h2-4,6H,1,5,7,10H2. The lowest BCUT2D eigenvalue weighted by Crippen LogP contribution is -2.23. The second-order valence-electron chi connectivity index (χ2n) is 2.48. The Bertz CT molecular complexity index is 328. The third-order valence-electron chi connectivity index (χ3n) is 1.64. The molecule has 1 aromatic heterocycles. The largest absolute Gasteiger partial charge is 0.326 e. The molecule has 1 heterocycles. The number of pyridine rings is 1. The zero-order valence-corrected chi connectivity index (χ0v) is 6.86. The Labute approximate surface area is 71.1 Å². The molecule has 3 heteroatoms. The fourth-order valence-corrected chi connectivity index (χ4v) is 1.02. The summed E-state index contributed by atoms with van der Waals surface area (Å²) in [4.78, 5) is 11.4. The predicted molar refractivity (Wildman–Crippen MR) is 48.8 cm³/mol. The van der Waals surface area contributed by atoms with Crippen molar-refractivity contribution < 1.29 is 0 Å². The van der Waals surface area contributed by atoms with E-state index in [1.54, 1.807) is 22.9 Å². The summed E-state index contributed by atoms with van der Waals surface area (Å²) in [6.07, 6.45) is 3.41. The molecule has 0 bridgehead atoms. The van der Waals surface area contributed by atoms with Gasteiger partial charge in [0, 0.05) is 24.8 Å². The average molecular weight is 164 g/mol. The Morgan fingerprint density at radius 3 is 3.00 bits per heavy atom. The fourth-order valence-electron chi connectivity index (χ4n) is 1.02. The summed E-state index contributed by atoms with van der Waals surface area (Å²) in [5, 5.41) is 0. The van der Waals surface area contributed by atoms with Gasteiger partial charge >= 0.3 is 0 Å². The highest BCUT2D eigenvalue weighted by atomic mass is 16.1. The van der Waals surface area contributed by atoms with E-state index in [0.29, 0.717) is 12.1 Å². The van der Waals surface area contributed by atoms with E-state index in [1.165, 1.54) is 0 Å². The fraction of sp³-hybridized carbons (Fsp3) is 0.222. The van der Waals surface area contributed by atoms with Crippen LogP contribution in [0.3, 0.4) is 0 Å². The van der Waals surface area contributed by atoms with Gasteiger partial charge in [-0.05, 0) is 6.07 Å². The lowest BCUT2D eigenvalue weighted by Gasteiger charge is -2.02. The molecule has 3 nitrogen and oxygen atoms in total. The Morgan fingerprint density at radius 1 is 1.67 bits per heavy atom. The van der Waals surface area contributed by atoms with E-state index < -0.39 is 0 Å². The number of nitrogens with two attached hydrogens (primary N) is 1. The van der Waals surface area contributed by atoms with Crippen LogP contribution in [0.1, 0.15) is 5.56 Å². The number of aromatic nitrogens is 1. The Hall–Kier alpha value is -1.35. The molecule has 1 aromatic rings. The molecule has 0 saturated carbocycles. The zero-order valence-electron chi connectivity index (χ0n) is 6.86. The second-order valence-corrected chi connectivity index (χ2v) is 2.48. The monoisotopic (exact) mass is 164 g/mol. The summed E-state index contributed by atoms with van der Waals surface area (Å²) < 4.78 is 1.58. The molecule has 12 heavy (non-hydrogen) atoms. The quantitative estimate of drug-likeness (QED) is 0.661. The van der Waals surface area contributed by atoms with Gasteiger partial charge in [0.15, 0.2) is 0 Å². The molecule has 0 aromatic carbocycles. The van der Waals surface area contributed by atoms with Crippen LogP contribution in [0.15, 0.2) is 35.8 Å². The Kier molecular flexibility index (Phi) is 2.82. The molecular formula is C9H12N2O. The average Bonchev–Trinajstić information content (AvgIpc) is 2.09. The SMILES string of the molecule is C=CCn1cccc(CN)c1=O. The van der Waals surface area contributed by atoms with Crippen LogP contribution in [0.2, 0.25) is 0 Å². The maximum atomic E-state index is 11.4. The van der Waals surface area contributed by atoms with Crippen LogP contribution in [0.25, 0.3) is 0 Å². The first kappa shape index (κ1) is 8.74. The summed E-state index contributed by atoms with van der Waals surface area (Å²) in [5.41, 5.74) is 5.99. The van der Waals surface area contributed by atoms with Crippen molar-refractivity contribution in [2.24, 2.45) is 5.73 Å². The van der Waals surface area contributed by atoms with Gasteiger partial charge in [-0.15, -0.1) is 6.58 Å². The van der Waals surface area contributed by atoms with Gasteiger partial charge in [-0.25, -0.2) is 0 Å². The van der Waals surface area contributed by atoms with Crippen molar-refractivity contribution in [3.8, 4) is 0 Å². The van der Waals surface area contributed by atoms with Crippen LogP contribution < -0.4 is 11.3 Å². The normalized spacial score (nSPS) is 9.75.